The van der Waals surface area contributed by atoms with Gasteiger partial charge in [0.05, 0.1) is 0 Å². The molecule has 0 N–H and O–H groups in total. The highest BCUT2D eigenvalue weighted by molar-refractivity contribution is 7.26. The molecule has 0 aliphatic heterocycles. The van der Waals surface area contributed by atoms with E-state index < -0.39 is 0 Å². The summed E-state index contributed by atoms with van der Waals surface area (Å²) >= 11 is 1.88. The van der Waals surface area contributed by atoms with Crippen molar-refractivity contribution in [2.75, 3.05) is 4.90 Å². The Hall–Kier alpha value is -7.00. The summed E-state index contributed by atoms with van der Waals surface area (Å²) in [5, 5.41) is 10.3. The fourth-order valence-corrected chi connectivity index (χ4v) is 9.68. The molecule has 0 atom stereocenters. The summed E-state index contributed by atoms with van der Waals surface area (Å²) in [4.78, 5) is 2.39. The van der Waals surface area contributed by atoms with Gasteiger partial charge in [0.15, 0.2) is 0 Å². The molecule has 11 aromatic rings. The number of anilines is 3. The lowest BCUT2D eigenvalue weighted by Crippen LogP contribution is -2.09. The molecule has 0 saturated carbocycles. The highest BCUT2D eigenvalue weighted by atomic mass is 32.1. The maximum absolute atomic E-state index is 2.39. The number of fused-ring (bicyclic) bond motifs is 8. The van der Waals surface area contributed by atoms with Crippen molar-refractivity contribution in [3.05, 3.63) is 212 Å². The minimum atomic E-state index is 1.11. The molecule has 1 aromatic heterocycles. The SMILES string of the molecule is c1ccc(-c2ccc(N(c3ccc(-c4ccc(-c5cc6ccccc6c6ccccc56)cc4)cc3)c3ccc4ccc5c6ccccc6sc5c4c3)cc2)cc1. The molecule has 1 nitrogen and oxygen atoms in total. The molecule has 2 heteroatoms. The van der Waals surface area contributed by atoms with Crippen LogP contribution in [-0.4, -0.2) is 0 Å². The van der Waals surface area contributed by atoms with Gasteiger partial charge in [-0.3, -0.25) is 0 Å². The van der Waals surface area contributed by atoms with Gasteiger partial charge in [0.2, 0.25) is 0 Å². The van der Waals surface area contributed by atoms with E-state index in [0.717, 1.165) is 17.1 Å². The molecule has 0 aliphatic rings. The highest BCUT2D eigenvalue weighted by Gasteiger charge is 2.16. The van der Waals surface area contributed by atoms with Gasteiger partial charge in [-0.15, -0.1) is 11.3 Å². The monoisotopic (exact) mass is 729 g/mol. The number of thiophene rings is 1. The molecule has 262 valence electrons. The molecule has 0 saturated heterocycles. The first-order valence-electron chi connectivity index (χ1n) is 19.2. The van der Waals surface area contributed by atoms with Crippen LogP contribution in [0.15, 0.2) is 212 Å². The van der Waals surface area contributed by atoms with E-state index in [2.05, 4.69) is 217 Å². The van der Waals surface area contributed by atoms with Crippen molar-refractivity contribution in [2.24, 2.45) is 0 Å². The minimum Gasteiger partial charge on any atom is -0.310 e. The van der Waals surface area contributed by atoms with E-state index in [1.54, 1.807) is 0 Å². The molecular formula is C54H35NS. The topological polar surface area (TPSA) is 3.24 Å². The van der Waals surface area contributed by atoms with Gasteiger partial charge < -0.3 is 4.90 Å². The molecule has 1 heterocycles. The highest BCUT2D eigenvalue weighted by Crippen LogP contribution is 2.43. The Morgan fingerprint density at radius 2 is 0.804 bits per heavy atom. The average molecular weight is 730 g/mol. The second kappa shape index (κ2) is 13.4. The average Bonchev–Trinajstić information content (AvgIpc) is 3.67. The lowest BCUT2D eigenvalue weighted by molar-refractivity contribution is 1.29. The maximum Gasteiger partial charge on any atom is 0.0468 e. The molecule has 11 rings (SSSR count). The van der Waals surface area contributed by atoms with E-state index in [1.807, 2.05) is 11.3 Å². The van der Waals surface area contributed by atoms with Gasteiger partial charge in [-0.2, -0.15) is 0 Å². The Kier molecular flexibility index (Phi) is 7.75. The summed E-state index contributed by atoms with van der Waals surface area (Å²) in [6.07, 6.45) is 0. The van der Waals surface area contributed by atoms with Crippen molar-refractivity contribution >= 4 is 80.9 Å². The van der Waals surface area contributed by atoms with Crippen molar-refractivity contribution in [2.45, 2.75) is 0 Å². The molecule has 0 unspecified atom stereocenters. The van der Waals surface area contributed by atoms with Crippen molar-refractivity contribution < 1.29 is 0 Å². The lowest BCUT2D eigenvalue weighted by atomic mass is 9.92. The Balaban J connectivity index is 0.985. The second-order valence-electron chi connectivity index (χ2n) is 14.5. The fraction of sp³-hybridized carbons (Fsp3) is 0. The normalized spacial score (nSPS) is 11.6. The van der Waals surface area contributed by atoms with Gasteiger partial charge in [0.25, 0.3) is 0 Å². The van der Waals surface area contributed by atoms with E-state index in [-0.39, 0.29) is 0 Å². The first-order valence-corrected chi connectivity index (χ1v) is 20.0. The van der Waals surface area contributed by atoms with E-state index in [4.69, 9.17) is 0 Å². The number of rotatable bonds is 6. The maximum atomic E-state index is 2.39. The first kappa shape index (κ1) is 32.4. The molecule has 0 amide bonds. The Morgan fingerprint density at radius 3 is 1.52 bits per heavy atom. The van der Waals surface area contributed by atoms with Crippen LogP contribution in [0.5, 0.6) is 0 Å². The summed E-state index contributed by atoms with van der Waals surface area (Å²) in [6, 6.07) is 77.6. The van der Waals surface area contributed by atoms with Gasteiger partial charge in [0, 0.05) is 42.6 Å². The van der Waals surface area contributed by atoms with Crippen LogP contribution in [0.25, 0.3) is 85.9 Å². The van der Waals surface area contributed by atoms with Crippen LogP contribution < -0.4 is 4.90 Å². The van der Waals surface area contributed by atoms with Gasteiger partial charge in [-0.1, -0.05) is 164 Å². The van der Waals surface area contributed by atoms with Crippen LogP contribution in [0.3, 0.4) is 0 Å². The van der Waals surface area contributed by atoms with Gasteiger partial charge in [0.1, 0.15) is 0 Å². The molecule has 56 heavy (non-hydrogen) atoms. The molecule has 0 spiro atoms. The van der Waals surface area contributed by atoms with Crippen molar-refractivity contribution in [1.82, 2.24) is 0 Å². The van der Waals surface area contributed by atoms with Crippen LogP contribution in [0.1, 0.15) is 0 Å². The molecule has 0 radical (unpaired) electrons. The molecular weight excluding hydrogens is 695 g/mol. The number of hydrogen-bond acceptors (Lipinski definition) is 2. The quantitative estimate of drug-likeness (QED) is 0.154. The predicted molar refractivity (Wildman–Crippen MR) is 243 cm³/mol. The van der Waals surface area contributed by atoms with E-state index in [9.17, 15) is 0 Å². The Morgan fingerprint density at radius 1 is 0.286 bits per heavy atom. The molecule has 0 fully saturated rings. The number of nitrogens with zero attached hydrogens (tertiary/aromatic N) is 1. The summed E-state index contributed by atoms with van der Waals surface area (Å²) < 4.78 is 2.66. The molecule has 0 bridgehead atoms. The number of hydrogen-bond donors (Lipinski definition) is 0. The van der Waals surface area contributed by atoms with Crippen molar-refractivity contribution in [1.29, 1.82) is 0 Å². The first-order chi connectivity index (χ1) is 27.7. The second-order valence-corrected chi connectivity index (χ2v) is 15.6. The Bertz CT molecular complexity index is 3210. The van der Waals surface area contributed by atoms with Crippen LogP contribution >= 0.6 is 11.3 Å². The van der Waals surface area contributed by atoms with Gasteiger partial charge in [-0.05, 0) is 109 Å². The van der Waals surface area contributed by atoms with Crippen LogP contribution in [0.4, 0.5) is 17.1 Å². The zero-order valence-electron chi connectivity index (χ0n) is 30.6. The lowest BCUT2D eigenvalue weighted by Gasteiger charge is -2.26. The van der Waals surface area contributed by atoms with E-state index in [0.29, 0.717) is 0 Å². The smallest absolute Gasteiger partial charge is 0.0468 e. The van der Waals surface area contributed by atoms with Gasteiger partial charge in [-0.25, -0.2) is 0 Å². The standard InChI is InChI=1S/C54H35NS/c1-2-10-36(11-3-1)38-22-28-43(29-23-38)55(45-32-26-41-27-33-50-49-16-8-9-17-53(49)56-54(50)52(41)35-45)44-30-24-39(25-31-44)37-18-20-40(21-19-37)51-34-42-12-4-5-13-46(42)47-14-6-7-15-48(47)51/h1-35H. The fourth-order valence-electron chi connectivity index (χ4n) is 8.45. The minimum absolute atomic E-state index is 1.11. The summed E-state index contributed by atoms with van der Waals surface area (Å²) in [7, 11) is 0. The van der Waals surface area contributed by atoms with Crippen molar-refractivity contribution in [3.8, 4) is 33.4 Å². The zero-order valence-corrected chi connectivity index (χ0v) is 31.4. The third-order valence-electron chi connectivity index (χ3n) is 11.3. The summed E-state index contributed by atoms with van der Waals surface area (Å²) in [5.74, 6) is 0. The number of benzene rings is 10. The molecule has 10 aromatic carbocycles. The third-order valence-corrected chi connectivity index (χ3v) is 12.5. The van der Waals surface area contributed by atoms with Crippen LogP contribution in [0.2, 0.25) is 0 Å². The third kappa shape index (κ3) is 5.54. The predicted octanol–water partition coefficient (Wildman–Crippen LogP) is 16.0. The summed E-state index contributed by atoms with van der Waals surface area (Å²) in [6.45, 7) is 0. The van der Waals surface area contributed by atoms with Crippen LogP contribution in [-0.2, 0) is 0 Å². The largest absolute Gasteiger partial charge is 0.310 e. The molecule has 0 aliphatic carbocycles. The zero-order chi connectivity index (χ0) is 37.0. The summed E-state index contributed by atoms with van der Waals surface area (Å²) in [5.41, 5.74) is 10.7. The van der Waals surface area contributed by atoms with Crippen molar-refractivity contribution in [3.63, 3.8) is 0 Å². The Labute approximate surface area is 330 Å². The van der Waals surface area contributed by atoms with E-state index >= 15 is 0 Å². The van der Waals surface area contributed by atoms with Crippen LogP contribution in [0, 0.1) is 0 Å². The van der Waals surface area contributed by atoms with E-state index in [1.165, 1.54) is 85.9 Å². The van der Waals surface area contributed by atoms with Gasteiger partial charge >= 0.3 is 0 Å².